The summed E-state index contributed by atoms with van der Waals surface area (Å²) >= 11 is 5.36. The Labute approximate surface area is 111 Å². The van der Waals surface area contributed by atoms with Crippen LogP contribution < -0.4 is 0 Å². The van der Waals surface area contributed by atoms with Gasteiger partial charge in [0, 0.05) is 29.2 Å². The van der Waals surface area contributed by atoms with Gasteiger partial charge in [-0.3, -0.25) is 0 Å². The van der Waals surface area contributed by atoms with Crippen LogP contribution in [-0.4, -0.2) is 23.5 Å². The fourth-order valence-corrected chi connectivity index (χ4v) is 2.85. The fraction of sp³-hybridized carbons (Fsp3) is 0.750. The maximum atomic E-state index is 5.09. The minimum Gasteiger partial charge on any atom is -0.384 e. The molecule has 1 aromatic rings. The number of thiazole rings is 1. The number of nitrogens with zero attached hydrogens (tertiary/aromatic N) is 1. The largest absolute Gasteiger partial charge is 0.384 e. The Balaban J connectivity index is 2.47. The molecular formula is C12H20BrNOS. The predicted molar refractivity (Wildman–Crippen MR) is 73.7 cm³/mol. The van der Waals surface area contributed by atoms with Crippen LogP contribution in [0.2, 0.25) is 0 Å². The van der Waals surface area contributed by atoms with Crippen LogP contribution in [0.3, 0.4) is 0 Å². The Hall–Kier alpha value is 0.0700. The molecule has 0 aromatic carbocycles. The first-order valence-corrected chi connectivity index (χ1v) is 7.31. The van der Waals surface area contributed by atoms with E-state index in [1.807, 2.05) is 0 Å². The first-order valence-electron chi connectivity index (χ1n) is 5.51. The summed E-state index contributed by atoms with van der Waals surface area (Å²) in [4.78, 5) is 5.10. The van der Waals surface area contributed by atoms with Crippen LogP contribution in [-0.2, 0) is 16.6 Å². The zero-order chi connectivity index (χ0) is 12.2. The highest BCUT2D eigenvalue weighted by Gasteiger charge is 2.17. The maximum Gasteiger partial charge on any atom is 0.0928 e. The van der Waals surface area contributed by atoms with Gasteiger partial charge in [0.1, 0.15) is 0 Å². The van der Waals surface area contributed by atoms with E-state index in [0.717, 1.165) is 19.4 Å². The van der Waals surface area contributed by atoms with E-state index in [1.54, 1.807) is 18.4 Å². The summed E-state index contributed by atoms with van der Waals surface area (Å²) in [5.74, 6) is 0. The third kappa shape index (κ3) is 4.52. The van der Waals surface area contributed by atoms with Crippen molar-refractivity contribution in [2.45, 2.75) is 43.9 Å². The lowest BCUT2D eigenvalue weighted by Gasteiger charge is -2.14. The molecular weight excluding hydrogens is 286 g/mol. The Morgan fingerprint density at radius 1 is 1.50 bits per heavy atom. The van der Waals surface area contributed by atoms with Gasteiger partial charge in [-0.15, -0.1) is 11.3 Å². The van der Waals surface area contributed by atoms with Gasteiger partial charge in [0.05, 0.1) is 17.3 Å². The summed E-state index contributed by atoms with van der Waals surface area (Å²) in [6.07, 6.45) is 2.10. The molecule has 16 heavy (non-hydrogen) atoms. The number of alkyl halides is 1. The zero-order valence-electron chi connectivity index (χ0n) is 10.4. The number of halogens is 1. The molecule has 4 heteroatoms. The number of aryl methyl sites for hydroxylation is 1. The molecule has 0 saturated carbocycles. The molecule has 0 bridgehead atoms. The lowest BCUT2D eigenvalue weighted by Crippen LogP contribution is -2.12. The third-order valence-corrected chi connectivity index (χ3v) is 3.97. The monoisotopic (exact) mass is 305 g/mol. The van der Waals surface area contributed by atoms with E-state index in [1.165, 1.54) is 10.7 Å². The molecule has 0 aliphatic rings. The lowest BCUT2D eigenvalue weighted by molar-refractivity contribution is 0.198. The van der Waals surface area contributed by atoms with Crippen molar-refractivity contribution in [1.82, 2.24) is 4.98 Å². The summed E-state index contributed by atoms with van der Waals surface area (Å²) in [5, 5.41) is 3.40. The topological polar surface area (TPSA) is 22.1 Å². The summed E-state index contributed by atoms with van der Waals surface area (Å²) in [5.41, 5.74) is 1.36. The Morgan fingerprint density at radius 3 is 2.69 bits per heavy atom. The van der Waals surface area contributed by atoms with Crippen molar-refractivity contribution in [1.29, 1.82) is 0 Å². The van der Waals surface area contributed by atoms with Crippen LogP contribution in [0.25, 0.3) is 0 Å². The van der Waals surface area contributed by atoms with Crippen LogP contribution in [0.15, 0.2) is 5.38 Å². The van der Waals surface area contributed by atoms with Gasteiger partial charge in [0.25, 0.3) is 0 Å². The first kappa shape index (κ1) is 14.1. The van der Waals surface area contributed by atoms with Crippen LogP contribution in [0.5, 0.6) is 0 Å². The highest BCUT2D eigenvalue weighted by molar-refractivity contribution is 9.09. The average molecular weight is 306 g/mol. The van der Waals surface area contributed by atoms with E-state index in [2.05, 4.69) is 47.1 Å². The second-order valence-corrected chi connectivity index (χ2v) is 7.21. The molecule has 92 valence electrons. The van der Waals surface area contributed by atoms with Gasteiger partial charge in [-0.05, 0) is 6.42 Å². The van der Waals surface area contributed by atoms with Gasteiger partial charge in [0.2, 0.25) is 0 Å². The molecule has 0 fully saturated rings. The van der Waals surface area contributed by atoms with E-state index in [0.29, 0.717) is 4.83 Å². The standard InChI is InChI=1S/C12H20BrNOS/c1-12(2,3)10-8-16-11(14-10)6-5-9(13)7-15-4/h8-9H,5-7H2,1-4H3. The van der Waals surface area contributed by atoms with Crippen LogP contribution in [0.1, 0.15) is 37.9 Å². The SMILES string of the molecule is COCC(Br)CCc1nc(C(C)(C)C)cs1. The predicted octanol–water partition coefficient (Wildman–Crippen LogP) is 3.78. The quantitative estimate of drug-likeness (QED) is 0.772. The van der Waals surface area contributed by atoms with Crippen molar-refractivity contribution < 1.29 is 4.74 Å². The normalized spacial score (nSPS) is 14.1. The van der Waals surface area contributed by atoms with Gasteiger partial charge >= 0.3 is 0 Å². The number of rotatable bonds is 5. The van der Waals surface area contributed by atoms with E-state index in [-0.39, 0.29) is 5.41 Å². The molecule has 0 spiro atoms. The minimum absolute atomic E-state index is 0.162. The van der Waals surface area contributed by atoms with Crippen molar-refractivity contribution in [3.8, 4) is 0 Å². The number of methoxy groups -OCH3 is 1. The molecule has 0 radical (unpaired) electrons. The molecule has 1 atom stereocenters. The summed E-state index contributed by atoms with van der Waals surface area (Å²) in [7, 11) is 1.73. The molecule has 0 amide bonds. The number of ether oxygens (including phenoxy) is 1. The number of aromatic nitrogens is 1. The van der Waals surface area contributed by atoms with Gasteiger partial charge in [-0.1, -0.05) is 36.7 Å². The van der Waals surface area contributed by atoms with Gasteiger partial charge in [-0.25, -0.2) is 4.98 Å². The molecule has 1 unspecified atom stereocenters. The maximum absolute atomic E-state index is 5.09. The Bertz CT molecular complexity index is 319. The van der Waals surface area contributed by atoms with Crippen molar-refractivity contribution in [2.75, 3.05) is 13.7 Å². The summed E-state index contributed by atoms with van der Waals surface area (Å²) in [6, 6.07) is 0. The van der Waals surface area contributed by atoms with E-state index in [4.69, 9.17) is 4.74 Å². The molecule has 2 nitrogen and oxygen atoms in total. The molecule has 1 heterocycles. The number of hydrogen-bond donors (Lipinski definition) is 0. The highest BCUT2D eigenvalue weighted by atomic mass is 79.9. The lowest BCUT2D eigenvalue weighted by atomic mass is 9.93. The molecule has 0 aliphatic heterocycles. The van der Waals surface area contributed by atoms with E-state index in [9.17, 15) is 0 Å². The third-order valence-electron chi connectivity index (χ3n) is 2.34. The van der Waals surface area contributed by atoms with Crippen LogP contribution >= 0.6 is 27.3 Å². The van der Waals surface area contributed by atoms with Crippen molar-refractivity contribution in [3.05, 3.63) is 16.1 Å². The summed E-state index contributed by atoms with van der Waals surface area (Å²) < 4.78 is 5.09. The van der Waals surface area contributed by atoms with Gasteiger partial charge < -0.3 is 4.74 Å². The van der Waals surface area contributed by atoms with Crippen molar-refractivity contribution in [2.24, 2.45) is 0 Å². The molecule has 1 rings (SSSR count). The molecule has 0 aliphatic carbocycles. The Kier molecular flexibility index (Phi) is 5.41. The fourth-order valence-electron chi connectivity index (χ4n) is 1.31. The minimum atomic E-state index is 0.162. The second-order valence-electron chi connectivity index (χ2n) is 4.97. The van der Waals surface area contributed by atoms with Gasteiger partial charge in [-0.2, -0.15) is 0 Å². The average Bonchev–Trinajstić information content (AvgIpc) is 2.63. The number of hydrogen-bond acceptors (Lipinski definition) is 3. The highest BCUT2D eigenvalue weighted by Crippen LogP contribution is 2.25. The molecule has 0 N–H and O–H groups in total. The van der Waals surface area contributed by atoms with Crippen molar-refractivity contribution >= 4 is 27.3 Å². The van der Waals surface area contributed by atoms with Crippen LogP contribution in [0.4, 0.5) is 0 Å². The van der Waals surface area contributed by atoms with Gasteiger partial charge in [0.15, 0.2) is 0 Å². The first-order chi connectivity index (χ1) is 7.43. The molecule has 1 aromatic heterocycles. The zero-order valence-corrected chi connectivity index (χ0v) is 12.8. The smallest absolute Gasteiger partial charge is 0.0928 e. The second kappa shape index (κ2) is 6.12. The summed E-state index contributed by atoms with van der Waals surface area (Å²) in [6.45, 7) is 7.36. The molecule has 0 saturated heterocycles. The van der Waals surface area contributed by atoms with Crippen LogP contribution in [0, 0.1) is 0 Å². The van der Waals surface area contributed by atoms with E-state index < -0.39 is 0 Å². The van der Waals surface area contributed by atoms with Crippen molar-refractivity contribution in [3.63, 3.8) is 0 Å². The van der Waals surface area contributed by atoms with E-state index >= 15 is 0 Å². The Morgan fingerprint density at radius 2 is 2.19 bits per heavy atom.